The van der Waals surface area contributed by atoms with Crippen LogP contribution in [0, 0.1) is 3.57 Å². The molecule has 0 aliphatic rings. The highest BCUT2D eigenvalue weighted by molar-refractivity contribution is 14.1. The lowest BCUT2D eigenvalue weighted by Crippen LogP contribution is -2.11. The van der Waals surface area contributed by atoms with Crippen LogP contribution >= 0.6 is 22.6 Å². The van der Waals surface area contributed by atoms with Gasteiger partial charge in [0.2, 0.25) is 0 Å². The van der Waals surface area contributed by atoms with Gasteiger partial charge in [0.1, 0.15) is 0 Å². The zero-order valence-corrected chi connectivity index (χ0v) is 16.3. The summed E-state index contributed by atoms with van der Waals surface area (Å²) >= 11 is 2.19. The molecule has 0 radical (unpaired) electrons. The molecule has 138 valence electrons. The van der Waals surface area contributed by atoms with Crippen molar-refractivity contribution in [2.24, 2.45) is 5.10 Å². The van der Waals surface area contributed by atoms with Gasteiger partial charge in [0, 0.05) is 15.2 Å². The van der Waals surface area contributed by atoms with E-state index in [1.807, 2.05) is 24.3 Å². The van der Waals surface area contributed by atoms with Crippen molar-refractivity contribution in [3.8, 4) is 11.4 Å². The van der Waals surface area contributed by atoms with Gasteiger partial charge in [-0.05, 0) is 47.2 Å². The SMILES string of the molecule is C/C(=N\Nc1cc(C(F)(F)F)nc(-c2ccccc2)n1)c1ccc(I)cc1. The summed E-state index contributed by atoms with van der Waals surface area (Å²) in [6, 6.07) is 17.0. The summed E-state index contributed by atoms with van der Waals surface area (Å²) < 4.78 is 40.7. The van der Waals surface area contributed by atoms with Crippen LogP contribution in [0.4, 0.5) is 19.0 Å². The van der Waals surface area contributed by atoms with Gasteiger partial charge in [-0.1, -0.05) is 42.5 Å². The van der Waals surface area contributed by atoms with E-state index in [4.69, 9.17) is 0 Å². The van der Waals surface area contributed by atoms with Crippen molar-refractivity contribution in [3.05, 3.63) is 75.5 Å². The van der Waals surface area contributed by atoms with Crippen LogP contribution in [0.5, 0.6) is 0 Å². The summed E-state index contributed by atoms with van der Waals surface area (Å²) in [4.78, 5) is 7.81. The molecule has 0 atom stereocenters. The van der Waals surface area contributed by atoms with Crippen LogP contribution in [0.2, 0.25) is 0 Å². The number of nitrogens with one attached hydrogen (secondary N) is 1. The summed E-state index contributed by atoms with van der Waals surface area (Å²) in [5, 5.41) is 4.16. The van der Waals surface area contributed by atoms with Gasteiger partial charge in [0.05, 0.1) is 5.71 Å². The number of hydrogen-bond acceptors (Lipinski definition) is 4. The number of hydrogen-bond donors (Lipinski definition) is 1. The molecule has 0 unspecified atom stereocenters. The maximum absolute atomic E-state index is 13.2. The van der Waals surface area contributed by atoms with Crippen molar-refractivity contribution in [2.75, 3.05) is 5.43 Å². The Kier molecular flexibility index (Phi) is 5.73. The molecule has 0 fully saturated rings. The van der Waals surface area contributed by atoms with Crippen molar-refractivity contribution in [1.82, 2.24) is 9.97 Å². The van der Waals surface area contributed by atoms with Crippen LogP contribution in [0.3, 0.4) is 0 Å². The molecule has 8 heteroatoms. The number of rotatable bonds is 4. The first-order valence-corrected chi connectivity index (χ1v) is 8.99. The summed E-state index contributed by atoms with van der Waals surface area (Å²) in [5.41, 5.74) is 3.56. The third-order valence-electron chi connectivity index (χ3n) is 3.65. The third-order valence-corrected chi connectivity index (χ3v) is 4.37. The molecule has 0 bridgehead atoms. The molecule has 1 aromatic heterocycles. The first-order valence-electron chi connectivity index (χ1n) is 7.91. The monoisotopic (exact) mass is 482 g/mol. The van der Waals surface area contributed by atoms with E-state index in [1.54, 1.807) is 37.3 Å². The zero-order valence-electron chi connectivity index (χ0n) is 14.1. The topological polar surface area (TPSA) is 50.2 Å². The second-order valence-corrected chi connectivity index (χ2v) is 6.89. The lowest BCUT2D eigenvalue weighted by atomic mass is 10.1. The van der Waals surface area contributed by atoms with Gasteiger partial charge in [-0.15, -0.1) is 0 Å². The molecule has 0 saturated heterocycles. The molecule has 0 aliphatic heterocycles. The van der Waals surface area contributed by atoms with Crippen LogP contribution < -0.4 is 5.43 Å². The van der Waals surface area contributed by atoms with Crippen LogP contribution in [-0.4, -0.2) is 15.7 Å². The average Bonchev–Trinajstić information content (AvgIpc) is 2.66. The Morgan fingerprint density at radius 1 is 1.00 bits per heavy atom. The molecular formula is C19H14F3IN4. The number of benzene rings is 2. The highest BCUT2D eigenvalue weighted by Gasteiger charge is 2.33. The van der Waals surface area contributed by atoms with Gasteiger partial charge in [0.25, 0.3) is 0 Å². The molecule has 0 aliphatic carbocycles. The molecule has 1 N–H and O–H groups in total. The molecule has 3 aromatic rings. The Hall–Kier alpha value is -2.49. The molecule has 27 heavy (non-hydrogen) atoms. The van der Waals surface area contributed by atoms with E-state index in [-0.39, 0.29) is 11.6 Å². The molecule has 3 rings (SSSR count). The van der Waals surface area contributed by atoms with Crippen molar-refractivity contribution in [2.45, 2.75) is 13.1 Å². The van der Waals surface area contributed by atoms with Crippen LogP contribution in [-0.2, 0) is 6.18 Å². The van der Waals surface area contributed by atoms with Crippen LogP contribution in [0.25, 0.3) is 11.4 Å². The fourth-order valence-corrected chi connectivity index (χ4v) is 2.62. The number of aromatic nitrogens is 2. The normalized spacial score (nSPS) is 12.1. The first kappa shape index (κ1) is 19.3. The molecule has 4 nitrogen and oxygen atoms in total. The van der Waals surface area contributed by atoms with E-state index >= 15 is 0 Å². The fourth-order valence-electron chi connectivity index (χ4n) is 2.26. The largest absolute Gasteiger partial charge is 0.433 e. The zero-order chi connectivity index (χ0) is 19.4. The predicted octanol–water partition coefficient (Wildman–Crippen LogP) is 5.60. The Labute approximate surface area is 167 Å². The molecule has 2 aromatic carbocycles. The lowest BCUT2D eigenvalue weighted by molar-refractivity contribution is -0.141. The summed E-state index contributed by atoms with van der Waals surface area (Å²) in [7, 11) is 0. The molecule has 0 spiro atoms. The quantitative estimate of drug-likeness (QED) is 0.299. The molecule has 0 amide bonds. The summed E-state index contributed by atoms with van der Waals surface area (Å²) in [6.07, 6.45) is -4.59. The number of halogens is 4. The van der Waals surface area contributed by atoms with Gasteiger partial charge in [-0.3, -0.25) is 5.43 Å². The summed E-state index contributed by atoms with van der Waals surface area (Å²) in [6.45, 7) is 1.76. The number of anilines is 1. The van der Waals surface area contributed by atoms with Gasteiger partial charge >= 0.3 is 6.18 Å². The Bertz CT molecular complexity index is 955. The third kappa shape index (κ3) is 5.03. The Morgan fingerprint density at radius 3 is 2.30 bits per heavy atom. The predicted molar refractivity (Wildman–Crippen MR) is 107 cm³/mol. The van der Waals surface area contributed by atoms with E-state index in [2.05, 4.69) is 43.1 Å². The number of alkyl halides is 3. The van der Waals surface area contributed by atoms with E-state index < -0.39 is 11.9 Å². The maximum atomic E-state index is 13.2. The minimum absolute atomic E-state index is 0.0185. The second kappa shape index (κ2) is 8.03. The minimum atomic E-state index is -4.59. The molecule has 1 heterocycles. The number of nitrogens with zero attached hydrogens (tertiary/aromatic N) is 3. The molecule has 0 saturated carbocycles. The van der Waals surface area contributed by atoms with E-state index in [0.29, 0.717) is 11.3 Å². The average molecular weight is 482 g/mol. The van der Waals surface area contributed by atoms with Crippen LogP contribution in [0.15, 0.2) is 65.8 Å². The second-order valence-electron chi connectivity index (χ2n) is 5.64. The lowest BCUT2D eigenvalue weighted by Gasteiger charge is -2.11. The van der Waals surface area contributed by atoms with Gasteiger partial charge in [-0.25, -0.2) is 9.97 Å². The van der Waals surface area contributed by atoms with E-state index in [9.17, 15) is 13.2 Å². The molecular weight excluding hydrogens is 468 g/mol. The van der Waals surface area contributed by atoms with Crippen molar-refractivity contribution in [1.29, 1.82) is 0 Å². The first-order chi connectivity index (χ1) is 12.8. The minimum Gasteiger partial charge on any atom is -0.261 e. The van der Waals surface area contributed by atoms with Gasteiger partial charge in [-0.2, -0.15) is 18.3 Å². The number of hydrazone groups is 1. The van der Waals surface area contributed by atoms with Gasteiger partial charge < -0.3 is 0 Å². The summed E-state index contributed by atoms with van der Waals surface area (Å²) in [5.74, 6) is -0.0453. The standard InChI is InChI=1S/C19H14F3IN4/c1-12(13-7-9-15(23)10-8-13)26-27-17-11-16(19(20,21)22)24-18(25-17)14-5-3-2-4-6-14/h2-11H,1H3,(H,24,25,27)/b26-12+. The smallest absolute Gasteiger partial charge is 0.261 e. The van der Waals surface area contributed by atoms with Crippen molar-refractivity contribution in [3.63, 3.8) is 0 Å². The maximum Gasteiger partial charge on any atom is 0.433 e. The highest BCUT2D eigenvalue weighted by atomic mass is 127. The van der Waals surface area contributed by atoms with Gasteiger partial charge in [0.15, 0.2) is 17.3 Å². The van der Waals surface area contributed by atoms with E-state index in [1.165, 1.54) is 0 Å². The van der Waals surface area contributed by atoms with Crippen molar-refractivity contribution >= 4 is 34.1 Å². The van der Waals surface area contributed by atoms with Crippen molar-refractivity contribution < 1.29 is 13.2 Å². The highest BCUT2D eigenvalue weighted by Crippen LogP contribution is 2.30. The van der Waals surface area contributed by atoms with Crippen LogP contribution in [0.1, 0.15) is 18.2 Å². The Balaban J connectivity index is 1.94. The fraction of sp³-hybridized carbons (Fsp3) is 0.105. The van der Waals surface area contributed by atoms with E-state index in [0.717, 1.165) is 15.2 Å². The Morgan fingerprint density at radius 2 is 1.67 bits per heavy atom.